The Bertz CT molecular complexity index is 221. The van der Waals surface area contributed by atoms with Gasteiger partial charge in [0.05, 0.1) is 5.70 Å². The zero-order valence-corrected chi connectivity index (χ0v) is 7.87. The zero-order valence-electron chi connectivity index (χ0n) is 7.87. The molecule has 0 aromatic heterocycles. The van der Waals surface area contributed by atoms with E-state index in [0.717, 1.165) is 6.42 Å². The van der Waals surface area contributed by atoms with Crippen LogP contribution in [0.5, 0.6) is 0 Å². The second-order valence-electron chi connectivity index (χ2n) is 3.61. The molecule has 0 aromatic rings. The molecule has 2 N–H and O–H groups in total. The lowest BCUT2D eigenvalue weighted by Crippen LogP contribution is -2.34. The third kappa shape index (κ3) is 1.44. The third-order valence-corrected chi connectivity index (χ3v) is 2.45. The summed E-state index contributed by atoms with van der Waals surface area (Å²) in [6.07, 6.45) is 2.86. The number of hydrogen-bond donors (Lipinski definition) is 1. The predicted molar refractivity (Wildman–Crippen MR) is 48.3 cm³/mol. The second-order valence-corrected chi connectivity index (χ2v) is 3.61. The van der Waals surface area contributed by atoms with E-state index in [9.17, 15) is 4.79 Å². The van der Waals surface area contributed by atoms with Gasteiger partial charge < -0.3 is 10.6 Å². The van der Waals surface area contributed by atoms with Crippen LogP contribution < -0.4 is 5.73 Å². The van der Waals surface area contributed by atoms with Gasteiger partial charge in [0.2, 0.25) is 0 Å². The number of carbonyl (C=O) groups is 1. The Labute approximate surface area is 73.2 Å². The van der Waals surface area contributed by atoms with E-state index in [1.54, 1.807) is 0 Å². The van der Waals surface area contributed by atoms with Gasteiger partial charge in [-0.3, -0.25) is 4.79 Å². The average molecular weight is 168 g/mol. The summed E-state index contributed by atoms with van der Waals surface area (Å²) >= 11 is 0. The maximum absolute atomic E-state index is 10.9. The van der Waals surface area contributed by atoms with Gasteiger partial charge >= 0.3 is 0 Å². The van der Waals surface area contributed by atoms with Crippen molar-refractivity contribution in [3.63, 3.8) is 0 Å². The molecule has 0 saturated carbocycles. The molecule has 3 heteroatoms. The highest BCUT2D eigenvalue weighted by Crippen LogP contribution is 2.24. The van der Waals surface area contributed by atoms with Crippen molar-refractivity contribution < 1.29 is 4.79 Å². The minimum absolute atomic E-state index is 0.319. The maximum Gasteiger partial charge on any atom is 0.264 e. The fourth-order valence-corrected chi connectivity index (χ4v) is 1.71. The van der Waals surface area contributed by atoms with E-state index in [1.807, 2.05) is 18.0 Å². The first-order valence-electron chi connectivity index (χ1n) is 4.27. The van der Waals surface area contributed by atoms with Gasteiger partial charge in [0.15, 0.2) is 0 Å². The molecule has 68 valence electrons. The van der Waals surface area contributed by atoms with Crippen LogP contribution in [0.25, 0.3) is 0 Å². The Hall–Kier alpha value is -0.990. The van der Waals surface area contributed by atoms with E-state index in [4.69, 9.17) is 5.73 Å². The molecule has 1 atom stereocenters. The van der Waals surface area contributed by atoms with Gasteiger partial charge in [-0.25, -0.2) is 0 Å². The summed E-state index contributed by atoms with van der Waals surface area (Å²) < 4.78 is 0. The maximum atomic E-state index is 10.9. The first-order chi connectivity index (χ1) is 5.54. The largest absolute Gasteiger partial charge is 0.367 e. The zero-order chi connectivity index (χ0) is 9.30. The summed E-state index contributed by atoms with van der Waals surface area (Å²) in [5.74, 6) is 0.240. The molecule has 0 aliphatic carbocycles. The Morgan fingerprint density at radius 1 is 1.75 bits per heavy atom. The van der Waals surface area contributed by atoms with Gasteiger partial charge in [0, 0.05) is 13.1 Å². The summed E-state index contributed by atoms with van der Waals surface area (Å²) in [4.78, 5) is 12.9. The highest BCUT2D eigenvalue weighted by atomic mass is 16.1. The first-order valence-corrected chi connectivity index (χ1v) is 4.27. The molecule has 0 saturated heterocycles. The monoisotopic (exact) mass is 168 g/mol. The van der Waals surface area contributed by atoms with Crippen molar-refractivity contribution in [2.24, 2.45) is 11.7 Å². The van der Waals surface area contributed by atoms with Crippen LogP contribution in [0.4, 0.5) is 0 Å². The molecule has 0 bridgehead atoms. The number of hydrogen-bond acceptors (Lipinski definition) is 2. The van der Waals surface area contributed by atoms with Crippen molar-refractivity contribution in [3.05, 3.63) is 11.8 Å². The van der Waals surface area contributed by atoms with Gasteiger partial charge in [0.1, 0.15) is 0 Å². The van der Waals surface area contributed by atoms with E-state index in [-0.39, 0.29) is 5.91 Å². The van der Waals surface area contributed by atoms with Crippen molar-refractivity contribution in [3.8, 4) is 0 Å². The molecule has 1 unspecified atom stereocenters. The smallest absolute Gasteiger partial charge is 0.264 e. The van der Waals surface area contributed by atoms with Crippen LogP contribution in [0.2, 0.25) is 0 Å². The third-order valence-electron chi connectivity index (χ3n) is 2.45. The van der Waals surface area contributed by atoms with Crippen molar-refractivity contribution in [2.45, 2.75) is 26.3 Å². The quantitative estimate of drug-likeness (QED) is 0.660. The van der Waals surface area contributed by atoms with Crippen molar-refractivity contribution in [2.75, 3.05) is 7.05 Å². The van der Waals surface area contributed by atoms with Crippen LogP contribution in [-0.2, 0) is 4.79 Å². The minimum Gasteiger partial charge on any atom is -0.367 e. The van der Waals surface area contributed by atoms with Crippen molar-refractivity contribution >= 4 is 5.91 Å². The lowest BCUT2D eigenvalue weighted by atomic mass is 10.0. The molecule has 0 radical (unpaired) electrons. The predicted octanol–water partition coefficient (Wildman–Crippen LogP) is 0.716. The normalized spacial score (nSPS) is 23.2. The molecule has 1 aliphatic rings. The molecule has 0 aromatic carbocycles. The highest BCUT2D eigenvalue weighted by Gasteiger charge is 2.27. The molecule has 1 heterocycles. The summed E-state index contributed by atoms with van der Waals surface area (Å²) in [6.45, 7) is 4.30. The molecule has 3 nitrogen and oxygen atoms in total. The van der Waals surface area contributed by atoms with Gasteiger partial charge in [-0.15, -0.1) is 0 Å². The average Bonchev–Trinajstić information content (AvgIpc) is 2.30. The Kier molecular flexibility index (Phi) is 2.40. The number of likely N-dealkylation sites (N-methyl/N-ethyl adjacent to an activating group) is 1. The van der Waals surface area contributed by atoms with Gasteiger partial charge in [0.25, 0.3) is 5.91 Å². The fraction of sp³-hybridized carbons (Fsp3) is 0.667. The Morgan fingerprint density at radius 3 is 2.58 bits per heavy atom. The summed E-state index contributed by atoms with van der Waals surface area (Å²) in [7, 11) is 1.92. The second kappa shape index (κ2) is 3.17. The van der Waals surface area contributed by atoms with Crippen LogP contribution in [-0.4, -0.2) is 23.9 Å². The topological polar surface area (TPSA) is 46.3 Å². The molecular weight excluding hydrogens is 152 g/mol. The molecular formula is C9H16N2O. The van der Waals surface area contributed by atoms with E-state index < -0.39 is 0 Å². The van der Waals surface area contributed by atoms with Gasteiger partial charge in [-0.2, -0.15) is 0 Å². The standard InChI is InChI=1S/C9H16N2O/c1-6(2)7-4-5-8(9(10)12)11(7)3/h5-7H,4H2,1-3H3,(H2,10,12). The lowest BCUT2D eigenvalue weighted by Gasteiger charge is -2.27. The Balaban J connectivity index is 2.69. The number of nitrogens with zero attached hydrogens (tertiary/aromatic N) is 1. The van der Waals surface area contributed by atoms with E-state index in [2.05, 4.69) is 13.8 Å². The Morgan fingerprint density at radius 2 is 2.33 bits per heavy atom. The molecule has 12 heavy (non-hydrogen) atoms. The molecule has 0 spiro atoms. The lowest BCUT2D eigenvalue weighted by molar-refractivity contribution is -0.116. The summed E-state index contributed by atoms with van der Waals surface area (Å²) in [5.41, 5.74) is 5.86. The SMILES string of the molecule is CC(C)C1CC=C(C(N)=O)N1C. The van der Waals surface area contributed by atoms with Crippen LogP contribution in [0.1, 0.15) is 20.3 Å². The van der Waals surface area contributed by atoms with E-state index >= 15 is 0 Å². The van der Waals surface area contributed by atoms with Crippen LogP contribution in [0, 0.1) is 5.92 Å². The first kappa shape index (κ1) is 9.10. The molecule has 0 fully saturated rings. The minimum atomic E-state index is -0.319. The number of primary amides is 1. The number of carbonyl (C=O) groups excluding carboxylic acids is 1. The number of rotatable bonds is 2. The number of amides is 1. The highest BCUT2D eigenvalue weighted by molar-refractivity contribution is 5.91. The van der Waals surface area contributed by atoms with Gasteiger partial charge in [-0.1, -0.05) is 19.9 Å². The van der Waals surface area contributed by atoms with Crippen molar-refractivity contribution in [1.29, 1.82) is 0 Å². The van der Waals surface area contributed by atoms with Crippen LogP contribution >= 0.6 is 0 Å². The summed E-state index contributed by atoms with van der Waals surface area (Å²) in [5, 5.41) is 0. The molecule has 1 amide bonds. The summed E-state index contributed by atoms with van der Waals surface area (Å²) in [6, 6.07) is 0.437. The fourth-order valence-electron chi connectivity index (χ4n) is 1.71. The molecule has 1 aliphatic heterocycles. The van der Waals surface area contributed by atoms with E-state index in [0.29, 0.717) is 17.7 Å². The van der Waals surface area contributed by atoms with Gasteiger partial charge in [-0.05, 0) is 12.3 Å². The van der Waals surface area contributed by atoms with E-state index in [1.165, 1.54) is 0 Å². The van der Waals surface area contributed by atoms with Crippen LogP contribution in [0.3, 0.4) is 0 Å². The molecule has 1 rings (SSSR count). The van der Waals surface area contributed by atoms with Crippen molar-refractivity contribution in [1.82, 2.24) is 4.90 Å². The van der Waals surface area contributed by atoms with Crippen LogP contribution in [0.15, 0.2) is 11.8 Å². The number of nitrogens with two attached hydrogens (primary N) is 1.